The minimum Gasteiger partial charge on any atom is -0.490 e. The van der Waals surface area contributed by atoms with Crippen molar-refractivity contribution in [1.29, 1.82) is 0 Å². The highest BCUT2D eigenvalue weighted by atomic mass is 16.5. The molecule has 1 unspecified atom stereocenters. The molecule has 2 N–H and O–H groups in total. The Bertz CT molecular complexity index is 595. The van der Waals surface area contributed by atoms with Gasteiger partial charge >= 0.3 is 0 Å². The van der Waals surface area contributed by atoms with Gasteiger partial charge in [0.25, 0.3) is 0 Å². The molecule has 2 aromatic rings. The number of fused-ring (bicyclic) bond motifs is 1. The number of rotatable bonds is 3. The first-order valence-electron chi connectivity index (χ1n) is 6.90. The van der Waals surface area contributed by atoms with Crippen LogP contribution in [0.25, 0.3) is 11.3 Å². The number of nitrogens with two attached hydrogens (primary N) is 1. The topological polar surface area (TPSA) is 70.5 Å². The van der Waals surface area contributed by atoms with Gasteiger partial charge in [-0.1, -0.05) is 12.1 Å². The second-order valence-electron chi connectivity index (χ2n) is 4.84. The monoisotopic (exact) mass is 274 g/mol. The van der Waals surface area contributed by atoms with Gasteiger partial charge in [0.05, 0.1) is 19.3 Å². The summed E-state index contributed by atoms with van der Waals surface area (Å²) in [6.45, 7) is 3.37. The van der Waals surface area contributed by atoms with Crippen LogP contribution in [-0.2, 0) is 0 Å². The van der Waals surface area contributed by atoms with Gasteiger partial charge < -0.3 is 19.7 Å². The number of aromatic nitrogens is 1. The average Bonchev–Trinajstić information content (AvgIpc) is 2.85. The lowest BCUT2D eigenvalue weighted by molar-refractivity contribution is 0.297. The Hall–Kier alpha value is -2.01. The van der Waals surface area contributed by atoms with Crippen molar-refractivity contribution < 1.29 is 14.0 Å². The first kappa shape index (κ1) is 13.0. The predicted molar refractivity (Wildman–Crippen MR) is 74.8 cm³/mol. The van der Waals surface area contributed by atoms with Gasteiger partial charge in [-0.3, -0.25) is 0 Å². The summed E-state index contributed by atoms with van der Waals surface area (Å²) in [5, 5.41) is 4.08. The van der Waals surface area contributed by atoms with E-state index in [1.165, 1.54) is 0 Å². The Morgan fingerprint density at radius 2 is 2.00 bits per heavy atom. The zero-order valence-electron chi connectivity index (χ0n) is 11.5. The van der Waals surface area contributed by atoms with Gasteiger partial charge in [-0.25, -0.2) is 0 Å². The van der Waals surface area contributed by atoms with Gasteiger partial charge in [-0.2, -0.15) is 0 Å². The molecule has 0 fully saturated rings. The summed E-state index contributed by atoms with van der Waals surface area (Å²) in [7, 11) is 0. The van der Waals surface area contributed by atoms with Crippen molar-refractivity contribution in [2.75, 3.05) is 13.2 Å². The van der Waals surface area contributed by atoms with Crippen molar-refractivity contribution in [2.24, 2.45) is 5.73 Å². The van der Waals surface area contributed by atoms with E-state index >= 15 is 0 Å². The standard InChI is InChI=1S/C15H18N2O3/c1-2-11(16)14-9-12(17-20-14)10-4-5-13-15(8-10)19-7-3-6-18-13/h4-5,8-9,11H,2-3,6-7,16H2,1H3. The quantitative estimate of drug-likeness (QED) is 0.931. The molecule has 106 valence electrons. The van der Waals surface area contributed by atoms with Gasteiger partial charge in [-0.05, 0) is 24.6 Å². The van der Waals surface area contributed by atoms with Gasteiger partial charge in [0.2, 0.25) is 0 Å². The van der Waals surface area contributed by atoms with Crippen molar-refractivity contribution in [3.63, 3.8) is 0 Å². The van der Waals surface area contributed by atoms with E-state index in [2.05, 4.69) is 5.16 Å². The van der Waals surface area contributed by atoms with Crippen molar-refractivity contribution in [2.45, 2.75) is 25.8 Å². The fourth-order valence-electron chi connectivity index (χ4n) is 2.12. The highest BCUT2D eigenvalue weighted by molar-refractivity contribution is 5.64. The summed E-state index contributed by atoms with van der Waals surface area (Å²) in [4.78, 5) is 0. The molecular weight excluding hydrogens is 256 g/mol. The Labute approximate surface area is 117 Å². The van der Waals surface area contributed by atoms with Crippen LogP contribution in [0.2, 0.25) is 0 Å². The normalized spacial score (nSPS) is 15.7. The van der Waals surface area contributed by atoms with E-state index in [0.29, 0.717) is 19.0 Å². The van der Waals surface area contributed by atoms with Crippen LogP contribution in [0.15, 0.2) is 28.8 Å². The van der Waals surface area contributed by atoms with Crippen molar-refractivity contribution in [3.05, 3.63) is 30.0 Å². The number of hydrogen-bond donors (Lipinski definition) is 1. The van der Waals surface area contributed by atoms with Crippen LogP contribution in [0.1, 0.15) is 31.6 Å². The van der Waals surface area contributed by atoms with Crippen LogP contribution in [0.4, 0.5) is 0 Å². The maximum absolute atomic E-state index is 5.94. The molecule has 3 rings (SSSR count). The van der Waals surface area contributed by atoms with Crippen LogP contribution >= 0.6 is 0 Å². The predicted octanol–water partition coefficient (Wildman–Crippen LogP) is 2.91. The third kappa shape index (κ3) is 2.49. The molecule has 0 spiro atoms. The number of ether oxygens (including phenoxy) is 2. The number of benzene rings is 1. The third-order valence-electron chi connectivity index (χ3n) is 3.38. The van der Waals surface area contributed by atoms with Crippen LogP contribution in [0.5, 0.6) is 11.5 Å². The summed E-state index contributed by atoms with van der Waals surface area (Å²) in [5.41, 5.74) is 7.64. The van der Waals surface area contributed by atoms with Crippen molar-refractivity contribution in [1.82, 2.24) is 5.16 Å². The SMILES string of the molecule is CCC(N)c1cc(-c2ccc3c(c2)OCCCO3)no1. The molecule has 2 heterocycles. The molecule has 1 aliphatic heterocycles. The minimum absolute atomic E-state index is 0.114. The van der Waals surface area contributed by atoms with E-state index in [0.717, 1.165) is 35.6 Å². The lowest BCUT2D eigenvalue weighted by atomic mass is 10.1. The first-order valence-corrected chi connectivity index (χ1v) is 6.90. The molecule has 0 aliphatic carbocycles. The highest BCUT2D eigenvalue weighted by Gasteiger charge is 2.15. The zero-order valence-corrected chi connectivity index (χ0v) is 11.5. The van der Waals surface area contributed by atoms with Crippen molar-refractivity contribution in [3.8, 4) is 22.8 Å². The van der Waals surface area contributed by atoms with Gasteiger partial charge in [0, 0.05) is 18.1 Å². The maximum atomic E-state index is 5.94. The molecule has 1 aliphatic rings. The van der Waals surface area contributed by atoms with Crippen LogP contribution < -0.4 is 15.2 Å². The molecule has 20 heavy (non-hydrogen) atoms. The molecular formula is C15H18N2O3. The van der Waals surface area contributed by atoms with E-state index in [1.807, 2.05) is 31.2 Å². The lowest BCUT2D eigenvalue weighted by Gasteiger charge is -2.07. The zero-order chi connectivity index (χ0) is 13.9. The van der Waals surface area contributed by atoms with Gasteiger partial charge in [0.1, 0.15) is 5.69 Å². The maximum Gasteiger partial charge on any atom is 0.161 e. The third-order valence-corrected chi connectivity index (χ3v) is 3.38. The molecule has 5 nitrogen and oxygen atoms in total. The Morgan fingerprint density at radius 3 is 2.80 bits per heavy atom. The highest BCUT2D eigenvalue weighted by Crippen LogP contribution is 2.34. The molecule has 1 aromatic carbocycles. The van der Waals surface area contributed by atoms with E-state index in [4.69, 9.17) is 19.7 Å². The van der Waals surface area contributed by atoms with Crippen LogP contribution in [0.3, 0.4) is 0 Å². The molecule has 0 saturated heterocycles. The molecule has 1 aromatic heterocycles. The Balaban J connectivity index is 1.90. The largest absolute Gasteiger partial charge is 0.490 e. The summed E-state index contributed by atoms with van der Waals surface area (Å²) in [6.07, 6.45) is 1.71. The summed E-state index contributed by atoms with van der Waals surface area (Å²) < 4.78 is 16.6. The summed E-state index contributed by atoms with van der Waals surface area (Å²) in [5.74, 6) is 2.24. The second kappa shape index (κ2) is 5.54. The van der Waals surface area contributed by atoms with Crippen LogP contribution in [0, 0.1) is 0 Å². The fraction of sp³-hybridized carbons (Fsp3) is 0.400. The van der Waals surface area contributed by atoms with Gasteiger partial charge in [-0.15, -0.1) is 0 Å². The van der Waals surface area contributed by atoms with E-state index < -0.39 is 0 Å². The molecule has 0 amide bonds. The molecule has 1 atom stereocenters. The fourth-order valence-corrected chi connectivity index (χ4v) is 2.12. The minimum atomic E-state index is -0.114. The lowest BCUT2D eigenvalue weighted by Crippen LogP contribution is -2.06. The molecule has 5 heteroatoms. The molecule has 0 saturated carbocycles. The van der Waals surface area contributed by atoms with E-state index in [-0.39, 0.29) is 6.04 Å². The second-order valence-corrected chi connectivity index (χ2v) is 4.84. The average molecular weight is 274 g/mol. The first-order chi connectivity index (χ1) is 9.78. The van der Waals surface area contributed by atoms with E-state index in [9.17, 15) is 0 Å². The summed E-state index contributed by atoms with van der Waals surface area (Å²) in [6, 6.07) is 7.56. The molecule has 0 radical (unpaired) electrons. The van der Waals surface area contributed by atoms with E-state index in [1.54, 1.807) is 0 Å². The van der Waals surface area contributed by atoms with Crippen molar-refractivity contribution >= 4 is 0 Å². The molecule has 0 bridgehead atoms. The Morgan fingerprint density at radius 1 is 1.20 bits per heavy atom. The number of nitrogens with zero attached hydrogens (tertiary/aromatic N) is 1. The smallest absolute Gasteiger partial charge is 0.161 e. The number of hydrogen-bond acceptors (Lipinski definition) is 5. The Kier molecular flexibility index (Phi) is 3.60. The van der Waals surface area contributed by atoms with Gasteiger partial charge in [0.15, 0.2) is 17.3 Å². The van der Waals surface area contributed by atoms with Crippen LogP contribution in [-0.4, -0.2) is 18.4 Å². The summed E-state index contributed by atoms with van der Waals surface area (Å²) >= 11 is 0.